The molecule has 1 saturated heterocycles. The van der Waals surface area contributed by atoms with Gasteiger partial charge in [-0.1, -0.05) is 6.92 Å². The van der Waals surface area contributed by atoms with Gasteiger partial charge in [-0.05, 0) is 45.5 Å². The van der Waals surface area contributed by atoms with E-state index in [9.17, 15) is 0 Å². The lowest BCUT2D eigenvalue weighted by atomic mass is 10.1. The molecule has 0 unspecified atom stereocenters. The number of hydrogen-bond donors (Lipinski definition) is 1. The van der Waals surface area contributed by atoms with Crippen LogP contribution in [0.5, 0.6) is 0 Å². The van der Waals surface area contributed by atoms with Crippen molar-refractivity contribution in [3.8, 4) is 11.3 Å². The van der Waals surface area contributed by atoms with E-state index in [1.807, 2.05) is 24.5 Å². The fourth-order valence-corrected chi connectivity index (χ4v) is 3.21. The second kappa shape index (κ2) is 8.25. The van der Waals surface area contributed by atoms with Gasteiger partial charge in [-0.3, -0.25) is 4.98 Å². The molecule has 3 rings (SSSR count). The zero-order chi connectivity index (χ0) is 17.6. The maximum absolute atomic E-state index is 5.08. The quantitative estimate of drug-likeness (QED) is 0.903. The van der Waals surface area contributed by atoms with Crippen LogP contribution in [0.3, 0.4) is 0 Å². The van der Waals surface area contributed by atoms with Gasteiger partial charge in [0.1, 0.15) is 0 Å². The molecule has 1 aliphatic heterocycles. The Morgan fingerprint density at radius 2 is 1.84 bits per heavy atom. The van der Waals surface area contributed by atoms with Crippen LogP contribution in [0.15, 0.2) is 24.5 Å². The van der Waals surface area contributed by atoms with E-state index >= 15 is 0 Å². The molecule has 0 bridgehead atoms. The average Bonchev–Trinajstić information content (AvgIpc) is 2.87. The smallest absolute Gasteiger partial charge is 0.172 e. The summed E-state index contributed by atoms with van der Waals surface area (Å²) >= 11 is 0. The van der Waals surface area contributed by atoms with Gasteiger partial charge < -0.3 is 15.1 Å². The minimum Gasteiger partial charge on any atom is -0.367 e. The van der Waals surface area contributed by atoms with Crippen molar-refractivity contribution in [1.29, 1.82) is 0 Å². The molecule has 0 atom stereocenters. The molecule has 0 radical (unpaired) electrons. The van der Waals surface area contributed by atoms with Crippen LogP contribution < -0.4 is 10.2 Å². The molecule has 0 aliphatic carbocycles. The zero-order valence-corrected chi connectivity index (χ0v) is 15.5. The van der Waals surface area contributed by atoms with E-state index in [2.05, 4.69) is 41.0 Å². The van der Waals surface area contributed by atoms with Crippen LogP contribution in [-0.4, -0.2) is 59.6 Å². The molecule has 134 valence electrons. The molecule has 3 heterocycles. The summed E-state index contributed by atoms with van der Waals surface area (Å²) in [5.41, 5.74) is 3.08. The van der Waals surface area contributed by atoms with Crippen LogP contribution in [0.25, 0.3) is 11.3 Å². The molecule has 1 N–H and O–H groups in total. The Bertz CT molecular complexity index is 688. The fraction of sp³-hybridized carbons (Fsp3) is 0.526. The maximum Gasteiger partial charge on any atom is 0.172 e. The number of hydrogen-bond acceptors (Lipinski definition) is 6. The standard InChI is InChI=1S/C19H28N6/c1-4-16-17(15-7-9-20-10-8-15)23-19(18(22-16)21-5-2)25-12-6-11-24(3)13-14-25/h7-10H,4-6,11-14H2,1-3H3,(H,21,22). The van der Waals surface area contributed by atoms with E-state index in [1.54, 1.807) is 0 Å². The topological polar surface area (TPSA) is 57.2 Å². The first kappa shape index (κ1) is 17.6. The largest absolute Gasteiger partial charge is 0.367 e. The van der Waals surface area contributed by atoms with Gasteiger partial charge >= 0.3 is 0 Å². The summed E-state index contributed by atoms with van der Waals surface area (Å²) in [7, 11) is 2.18. The van der Waals surface area contributed by atoms with Gasteiger partial charge in [0.2, 0.25) is 0 Å². The monoisotopic (exact) mass is 340 g/mol. The van der Waals surface area contributed by atoms with Crippen molar-refractivity contribution in [3.05, 3.63) is 30.2 Å². The van der Waals surface area contributed by atoms with E-state index in [0.717, 1.165) is 74.2 Å². The van der Waals surface area contributed by atoms with Gasteiger partial charge in [0, 0.05) is 44.1 Å². The summed E-state index contributed by atoms with van der Waals surface area (Å²) in [6, 6.07) is 4.02. The Morgan fingerprint density at radius 1 is 1.04 bits per heavy atom. The number of aryl methyl sites for hydroxylation is 1. The van der Waals surface area contributed by atoms with Crippen LogP contribution in [-0.2, 0) is 6.42 Å². The molecule has 0 amide bonds. The van der Waals surface area contributed by atoms with Crippen molar-refractivity contribution in [2.75, 3.05) is 50.0 Å². The van der Waals surface area contributed by atoms with E-state index < -0.39 is 0 Å². The normalized spacial score (nSPS) is 15.9. The van der Waals surface area contributed by atoms with Gasteiger partial charge in [0.05, 0.1) is 11.4 Å². The molecule has 0 spiro atoms. The summed E-state index contributed by atoms with van der Waals surface area (Å²) in [4.78, 5) is 18.9. The highest BCUT2D eigenvalue weighted by atomic mass is 15.3. The van der Waals surface area contributed by atoms with Crippen LogP contribution in [0.1, 0.15) is 26.0 Å². The highest BCUT2D eigenvalue weighted by Crippen LogP contribution is 2.29. The predicted molar refractivity (Wildman–Crippen MR) is 103 cm³/mol. The number of likely N-dealkylation sites (N-methyl/N-ethyl adjacent to an activating group) is 1. The molecule has 2 aromatic heterocycles. The van der Waals surface area contributed by atoms with E-state index in [4.69, 9.17) is 9.97 Å². The van der Waals surface area contributed by atoms with Gasteiger partial charge in [-0.25, -0.2) is 9.97 Å². The number of anilines is 2. The second-order valence-corrected chi connectivity index (χ2v) is 6.45. The minimum absolute atomic E-state index is 0.840. The van der Waals surface area contributed by atoms with Crippen LogP contribution in [0.4, 0.5) is 11.6 Å². The van der Waals surface area contributed by atoms with E-state index in [-0.39, 0.29) is 0 Å². The molecule has 6 nitrogen and oxygen atoms in total. The Kier molecular flexibility index (Phi) is 5.81. The molecule has 25 heavy (non-hydrogen) atoms. The van der Waals surface area contributed by atoms with Gasteiger partial charge in [-0.15, -0.1) is 0 Å². The third-order valence-corrected chi connectivity index (χ3v) is 4.60. The highest BCUT2D eigenvalue weighted by Gasteiger charge is 2.21. The number of pyridine rings is 1. The molecule has 0 aromatic carbocycles. The van der Waals surface area contributed by atoms with Crippen molar-refractivity contribution in [3.63, 3.8) is 0 Å². The molecule has 6 heteroatoms. The maximum atomic E-state index is 5.08. The molecule has 2 aromatic rings. The summed E-state index contributed by atoms with van der Waals surface area (Å²) in [5.74, 6) is 1.88. The number of aromatic nitrogens is 3. The third kappa shape index (κ3) is 4.07. The van der Waals surface area contributed by atoms with Crippen molar-refractivity contribution >= 4 is 11.6 Å². The van der Waals surface area contributed by atoms with Crippen molar-refractivity contribution < 1.29 is 0 Å². The Morgan fingerprint density at radius 3 is 2.56 bits per heavy atom. The number of nitrogens with zero attached hydrogens (tertiary/aromatic N) is 5. The van der Waals surface area contributed by atoms with Crippen molar-refractivity contribution in [2.24, 2.45) is 0 Å². The highest BCUT2D eigenvalue weighted by molar-refractivity contribution is 5.70. The Labute approximate surface area is 150 Å². The first-order valence-electron chi connectivity index (χ1n) is 9.21. The molecule has 1 aliphatic rings. The summed E-state index contributed by atoms with van der Waals surface area (Å²) in [6.45, 7) is 9.24. The first-order chi connectivity index (χ1) is 12.2. The first-order valence-corrected chi connectivity index (χ1v) is 9.21. The van der Waals surface area contributed by atoms with Gasteiger partial charge in [0.15, 0.2) is 11.6 Å². The second-order valence-electron chi connectivity index (χ2n) is 6.45. The predicted octanol–water partition coefficient (Wildman–Crippen LogP) is 2.67. The lowest BCUT2D eigenvalue weighted by molar-refractivity contribution is 0.360. The summed E-state index contributed by atoms with van der Waals surface area (Å²) < 4.78 is 0. The molecular weight excluding hydrogens is 312 g/mol. The van der Waals surface area contributed by atoms with Crippen LogP contribution in [0, 0.1) is 0 Å². The van der Waals surface area contributed by atoms with Gasteiger partial charge in [0.25, 0.3) is 0 Å². The SMILES string of the molecule is CCNc1nc(CC)c(-c2ccncc2)nc1N1CCCN(C)CC1. The lowest BCUT2D eigenvalue weighted by Gasteiger charge is -2.25. The Balaban J connectivity index is 2.05. The van der Waals surface area contributed by atoms with Crippen molar-refractivity contribution in [2.45, 2.75) is 26.7 Å². The zero-order valence-electron chi connectivity index (χ0n) is 15.5. The minimum atomic E-state index is 0.840. The Hall–Kier alpha value is -2.21. The third-order valence-electron chi connectivity index (χ3n) is 4.60. The summed E-state index contributed by atoms with van der Waals surface area (Å²) in [6.07, 6.45) is 5.63. The number of nitrogens with one attached hydrogen (secondary N) is 1. The molecular formula is C19H28N6. The fourth-order valence-electron chi connectivity index (χ4n) is 3.21. The molecule has 0 saturated carbocycles. The van der Waals surface area contributed by atoms with E-state index in [1.165, 1.54) is 0 Å². The van der Waals surface area contributed by atoms with Crippen LogP contribution >= 0.6 is 0 Å². The van der Waals surface area contributed by atoms with Gasteiger partial charge in [-0.2, -0.15) is 0 Å². The molecule has 1 fully saturated rings. The number of rotatable bonds is 5. The summed E-state index contributed by atoms with van der Waals surface area (Å²) in [5, 5.41) is 3.42. The average molecular weight is 340 g/mol. The van der Waals surface area contributed by atoms with E-state index in [0.29, 0.717) is 0 Å². The lowest BCUT2D eigenvalue weighted by Crippen LogP contribution is -2.30. The van der Waals surface area contributed by atoms with Crippen molar-refractivity contribution in [1.82, 2.24) is 19.9 Å². The van der Waals surface area contributed by atoms with Crippen LogP contribution in [0.2, 0.25) is 0 Å².